The SMILES string of the molecule is CCN(CC)C(=O)c1ccc2[nH]c(C)c(C)c2c1. The standard InChI is InChI=1S/C15H20N2O/c1-5-17(6-2)15(18)12-7-8-14-13(9-12)10(3)11(4)16-14/h7-9,16H,5-6H2,1-4H3. The number of aryl methyl sites for hydroxylation is 2. The molecule has 1 heterocycles. The van der Waals surface area contributed by atoms with Crippen molar-refractivity contribution in [2.75, 3.05) is 13.1 Å². The molecule has 0 saturated carbocycles. The van der Waals surface area contributed by atoms with Crippen LogP contribution in [0.3, 0.4) is 0 Å². The lowest BCUT2D eigenvalue weighted by Gasteiger charge is -2.18. The predicted octanol–water partition coefficient (Wildman–Crippen LogP) is 3.27. The van der Waals surface area contributed by atoms with Crippen LogP contribution in [0.2, 0.25) is 0 Å². The van der Waals surface area contributed by atoms with E-state index in [1.54, 1.807) is 0 Å². The average Bonchev–Trinajstić information content (AvgIpc) is 2.66. The van der Waals surface area contributed by atoms with Gasteiger partial charge in [-0.3, -0.25) is 4.79 Å². The molecule has 0 radical (unpaired) electrons. The normalized spacial score (nSPS) is 10.9. The number of rotatable bonds is 3. The number of hydrogen-bond acceptors (Lipinski definition) is 1. The van der Waals surface area contributed by atoms with E-state index < -0.39 is 0 Å². The van der Waals surface area contributed by atoms with Crippen molar-refractivity contribution in [3.63, 3.8) is 0 Å². The molecule has 0 spiro atoms. The number of carbonyl (C=O) groups excluding carboxylic acids is 1. The number of benzene rings is 1. The second kappa shape index (κ2) is 4.84. The highest BCUT2D eigenvalue weighted by molar-refractivity contribution is 5.99. The number of aromatic amines is 1. The zero-order valence-corrected chi connectivity index (χ0v) is 11.5. The van der Waals surface area contributed by atoms with Crippen LogP contribution in [-0.4, -0.2) is 28.9 Å². The molecule has 1 aromatic heterocycles. The molecule has 0 saturated heterocycles. The Balaban J connectivity index is 2.46. The van der Waals surface area contributed by atoms with E-state index in [4.69, 9.17) is 0 Å². The highest BCUT2D eigenvalue weighted by atomic mass is 16.2. The lowest BCUT2D eigenvalue weighted by atomic mass is 10.1. The van der Waals surface area contributed by atoms with E-state index in [0.29, 0.717) is 0 Å². The first-order chi connectivity index (χ1) is 8.58. The first-order valence-corrected chi connectivity index (χ1v) is 6.46. The van der Waals surface area contributed by atoms with E-state index in [2.05, 4.69) is 18.8 Å². The van der Waals surface area contributed by atoms with Gasteiger partial charge in [-0.1, -0.05) is 0 Å². The smallest absolute Gasteiger partial charge is 0.253 e. The second-order valence-corrected chi connectivity index (χ2v) is 4.61. The summed E-state index contributed by atoms with van der Waals surface area (Å²) >= 11 is 0. The second-order valence-electron chi connectivity index (χ2n) is 4.61. The van der Waals surface area contributed by atoms with Gasteiger partial charge in [-0.15, -0.1) is 0 Å². The lowest BCUT2D eigenvalue weighted by Crippen LogP contribution is -2.30. The predicted molar refractivity (Wildman–Crippen MR) is 75.0 cm³/mol. The number of amides is 1. The summed E-state index contributed by atoms with van der Waals surface area (Å²) in [4.78, 5) is 17.5. The van der Waals surface area contributed by atoms with Crippen LogP contribution in [0, 0.1) is 13.8 Å². The Kier molecular flexibility index (Phi) is 3.41. The van der Waals surface area contributed by atoms with Crippen LogP contribution in [0.25, 0.3) is 10.9 Å². The Bertz CT molecular complexity index is 579. The molecule has 0 fully saturated rings. The maximum atomic E-state index is 12.3. The fraction of sp³-hybridized carbons (Fsp3) is 0.400. The minimum absolute atomic E-state index is 0.111. The van der Waals surface area contributed by atoms with Crippen molar-refractivity contribution in [2.45, 2.75) is 27.7 Å². The molecule has 2 aromatic rings. The number of carbonyl (C=O) groups is 1. The number of H-pyrrole nitrogens is 1. The number of fused-ring (bicyclic) bond motifs is 1. The van der Waals surface area contributed by atoms with Crippen molar-refractivity contribution in [2.24, 2.45) is 0 Å². The van der Waals surface area contributed by atoms with Gasteiger partial charge in [-0.05, 0) is 51.5 Å². The molecule has 1 aromatic carbocycles. The van der Waals surface area contributed by atoms with E-state index in [1.807, 2.05) is 36.9 Å². The summed E-state index contributed by atoms with van der Waals surface area (Å²) in [5.41, 5.74) is 4.26. The van der Waals surface area contributed by atoms with E-state index >= 15 is 0 Å². The van der Waals surface area contributed by atoms with Crippen molar-refractivity contribution in [1.29, 1.82) is 0 Å². The first kappa shape index (κ1) is 12.7. The topological polar surface area (TPSA) is 36.1 Å². The number of nitrogens with one attached hydrogen (secondary N) is 1. The average molecular weight is 244 g/mol. The minimum Gasteiger partial charge on any atom is -0.358 e. The largest absolute Gasteiger partial charge is 0.358 e. The summed E-state index contributed by atoms with van der Waals surface area (Å²) in [5.74, 6) is 0.111. The molecule has 0 unspecified atom stereocenters. The van der Waals surface area contributed by atoms with E-state index in [-0.39, 0.29) is 5.91 Å². The molecule has 0 bridgehead atoms. The summed E-state index contributed by atoms with van der Waals surface area (Å²) in [5, 5.41) is 1.14. The molecule has 3 heteroatoms. The van der Waals surface area contributed by atoms with Gasteiger partial charge in [0.1, 0.15) is 0 Å². The Morgan fingerprint density at radius 3 is 2.50 bits per heavy atom. The molecule has 0 aliphatic rings. The molecule has 0 aliphatic carbocycles. The fourth-order valence-corrected chi connectivity index (χ4v) is 2.29. The highest BCUT2D eigenvalue weighted by Crippen LogP contribution is 2.22. The highest BCUT2D eigenvalue weighted by Gasteiger charge is 2.14. The molecule has 18 heavy (non-hydrogen) atoms. The van der Waals surface area contributed by atoms with Gasteiger partial charge in [0, 0.05) is 35.2 Å². The zero-order chi connectivity index (χ0) is 13.3. The Hall–Kier alpha value is -1.77. The van der Waals surface area contributed by atoms with Crippen molar-refractivity contribution in [3.05, 3.63) is 35.0 Å². The maximum absolute atomic E-state index is 12.3. The molecular formula is C15H20N2O. The van der Waals surface area contributed by atoms with Gasteiger partial charge in [0.15, 0.2) is 0 Å². The number of aromatic nitrogens is 1. The third-order valence-electron chi connectivity index (χ3n) is 3.61. The van der Waals surface area contributed by atoms with Gasteiger partial charge < -0.3 is 9.88 Å². The fourth-order valence-electron chi connectivity index (χ4n) is 2.29. The molecule has 3 nitrogen and oxygen atoms in total. The molecule has 2 rings (SSSR count). The Morgan fingerprint density at radius 2 is 1.89 bits per heavy atom. The Morgan fingerprint density at radius 1 is 1.22 bits per heavy atom. The quantitative estimate of drug-likeness (QED) is 0.883. The Labute approximate surface area is 108 Å². The third-order valence-corrected chi connectivity index (χ3v) is 3.61. The van der Waals surface area contributed by atoms with Gasteiger partial charge in [-0.25, -0.2) is 0 Å². The van der Waals surface area contributed by atoms with E-state index in [0.717, 1.165) is 35.2 Å². The monoisotopic (exact) mass is 244 g/mol. The van der Waals surface area contributed by atoms with E-state index in [1.165, 1.54) is 5.56 Å². The minimum atomic E-state index is 0.111. The summed E-state index contributed by atoms with van der Waals surface area (Å²) in [6.07, 6.45) is 0. The first-order valence-electron chi connectivity index (χ1n) is 6.46. The van der Waals surface area contributed by atoms with Crippen molar-refractivity contribution >= 4 is 16.8 Å². The molecule has 96 valence electrons. The lowest BCUT2D eigenvalue weighted by molar-refractivity contribution is 0.0773. The summed E-state index contributed by atoms with van der Waals surface area (Å²) in [6, 6.07) is 5.89. The summed E-state index contributed by atoms with van der Waals surface area (Å²) in [7, 11) is 0. The van der Waals surface area contributed by atoms with Crippen LogP contribution < -0.4 is 0 Å². The van der Waals surface area contributed by atoms with Crippen LogP contribution >= 0.6 is 0 Å². The molecule has 1 amide bonds. The van der Waals surface area contributed by atoms with Crippen LogP contribution in [0.5, 0.6) is 0 Å². The van der Waals surface area contributed by atoms with Gasteiger partial charge >= 0.3 is 0 Å². The van der Waals surface area contributed by atoms with Gasteiger partial charge in [-0.2, -0.15) is 0 Å². The van der Waals surface area contributed by atoms with Gasteiger partial charge in [0.25, 0.3) is 5.91 Å². The van der Waals surface area contributed by atoms with E-state index in [9.17, 15) is 4.79 Å². The molecule has 1 N–H and O–H groups in total. The van der Waals surface area contributed by atoms with Crippen molar-refractivity contribution in [1.82, 2.24) is 9.88 Å². The molecular weight excluding hydrogens is 224 g/mol. The van der Waals surface area contributed by atoms with Crippen LogP contribution in [-0.2, 0) is 0 Å². The van der Waals surface area contributed by atoms with Crippen LogP contribution in [0.1, 0.15) is 35.5 Å². The van der Waals surface area contributed by atoms with Crippen molar-refractivity contribution < 1.29 is 4.79 Å². The van der Waals surface area contributed by atoms with Gasteiger partial charge in [0.05, 0.1) is 0 Å². The number of nitrogens with zero attached hydrogens (tertiary/aromatic N) is 1. The third kappa shape index (κ3) is 2.01. The molecule has 0 atom stereocenters. The zero-order valence-electron chi connectivity index (χ0n) is 11.5. The molecule has 0 aliphatic heterocycles. The van der Waals surface area contributed by atoms with Crippen molar-refractivity contribution in [3.8, 4) is 0 Å². The summed E-state index contributed by atoms with van der Waals surface area (Å²) < 4.78 is 0. The van der Waals surface area contributed by atoms with Gasteiger partial charge in [0.2, 0.25) is 0 Å². The van der Waals surface area contributed by atoms with Crippen LogP contribution in [0.15, 0.2) is 18.2 Å². The number of hydrogen-bond donors (Lipinski definition) is 1. The van der Waals surface area contributed by atoms with Crippen LogP contribution in [0.4, 0.5) is 0 Å². The summed E-state index contributed by atoms with van der Waals surface area (Å²) in [6.45, 7) is 9.65. The maximum Gasteiger partial charge on any atom is 0.253 e.